The molecule has 2 rings (SSSR count). The molecule has 2 fully saturated rings. The third kappa shape index (κ3) is 1.91. The van der Waals surface area contributed by atoms with Gasteiger partial charge in [-0.05, 0) is 25.7 Å². The van der Waals surface area contributed by atoms with E-state index in [-0.39, 0.29) is 12.8 Å². The van der Waals surface area contributed by atoms with E-state index in [1.54, 1.807) is 0 Å². The topological polar surface area (TPSA) is 38.8 Å². The largest absolute Gasteiger partial charge is 0.466 e. The van der Waals surface area contributed by atoms with Gasteiger partial charge in [0.05, 0.1) is 13.0 Å². The highest BCUT2D eigenvalue weighted by Crippen LogP contribution is 2.62. The molecule has 7 heteroatoms. The van der Waals surface area contributed by atoms with Crippen molar-refractivity contribution in [2.24, 2.45) is 5.92 Å². The van der Waals surface area contributed by atoms with Crippen LogP contribution in [0.5, 0.6) is 0 Å². The minimum absolute atomic E-state index is 0.0583. The van der Waals surface area contributed by atoms with E-state index >= 15 is 0 Å². The number of epoxide rings is 1. The number of carbonyl (C=O) groups is 1. The van der Waals surface area contributed by atoms with E-state index in [9.17, 15) is 18.0 Å². The molecule has 1 heterocycles. The van der Waals surface area contributed by atoms with Crippen molar-refractivity contribution in [3.63, 3.8) is 0 Å². The Morgan fingerprint density at radius 2 is 2.18 bits per heavy atom. The number of hydrogen-bond donors (Lipinski definition) is 0. The number of ether oxygens (including phenoxy) is 2. The molecule has 0 aromatic rings. The summed E-state index contributed by atoms with van der Waals surface area (Å²) < 4.78 is 47.4. The number of rotatable bonds is 1. The van der Waals surface area contributed by atoms with Crippen molar-refractivity contribution in [2.75, 3.05) is 7.11 Å². The predicted octanol–water partition coefficient (Wildman–Crippen LogP) is 2.62. The van der Waals surface area contributed by atoms with Crippen LogP contribution in [0.25, 0.3) is 0 Å². The summed E-state index contributed by atoms with van der Waals surface area (Å²) in [5.41, 5.74) is -1.19. The zero-order chi connectivity index (χ0) is 12.9. The Balaban J connectivity index is 2.12. The first kappa shape index (κ1) is 13.0. The Hall–Kier alpha value is -0.490. The molecule has 3 atom stereocenters. The zero-order valence-corrected chi connectivity index (χ0v) is 9.90. The molecule has 1 aliphatic heterocycles. The Labute approximate surface area is 101 Å². The molecule has 1 aliphatic carbocycles. The van der Waals surface area contributed by atoms with Gasteiger partial charge >= 0.3 is 12.1 Å². The Bertz CT molecular complexity index is 346. The van der Waals surface area contributed by atoms with Gasteiger partial charge in [-0.25, -0.2) is 4.79 Å². The van der Waals surface area contributed by atoms with Gasteiger partial charge in [0.25, 0.3) is 5.06 Å². The minimum atomic E-state index is -4.27. The zero-order valence-electron chi connectivity index (χ0n) is 9.14. The average molecular weight is 273 g/mol. The molecule has 2 aliphatic rings. The van der Waals surface area contributed by atoms with Crippen molar-refractivity contribution < 1.29 is 27.4 Å². The first-order valence-electron chi connectivity index (χ1n) is 5.29. The van der Waals surface area contributed by atoms with E-state index in [1.807, 2.05) is 0 Å². The number of esters is 1. The van der Waals surface area contributed by atoms with Crippen LogP contribution in [-0.2, 0) is 14.3 Å². The normalized spacial score (nSPS) is 41.4. The van der Waals surface area contributed by atoms with Gasteiger partial charge in [-0.3, -0.25) is 0 Å². The van der Waals surface area contributed by atoms with Crippen LogP contribution in [0.4, 0.5) is 13.2 Å². The second-order valence-electron chi connectivity index (χ2n) is 4.52. The van der Waals surface area contributed by atoms with E-state index in [4.69, 9.17) is 16.3 Å². The molecule has 1 spiro atoms. The first-order chi connectivity index (χ1) is 7.75. The van der Waals surface area contributed by atoms with Crippen molar-refractivity contribution in [3.8, 4) is 0 Å². The van der Waals surface area contributed by atoms with Crippen LogP contribution >= 0.6 is 11.6 Å². The van der Waals surface area contributed by atoms with Gasteiger partial charge in [0.1, 0.15) is 5.60 Å². The Morgan fingerprint density at radius 1 is 1.53 bits per heavy atom. The minimum Gasteiger partial charge on any atom is -0.466 e. The molecule has 0 amide bonds. The van der Waals surface area contributed by atoms with Crippen LogP contribution < -0.4 is 0 Å². The predicted molar refractivity (Wildman–Crippen MR) is 52.4 cm³/mol. The highest BCUT2D eigenvalue weighted by Gasteiger charge is 2.76. The van der Waals surface area contributed by atoms with Gasteiger partial charge in [-0.2, -0.15) is 13.2 Å². The summed E-state index contributed by atoms with van der Waals surface area (Å²) in [6.45, 7) is 0. The summed E-state index contributed by atoms with van der Waals surface area (Å²) in [5, 5.41) is -1.72. The monoisotopic (exact) mass is 272 g/mol. The third-order valence-corrected chi connectivity index (χ3v) is 4.08. The molecule has 0 N–H and O–H groups in total. The van der Waals surface area contributed by atoms with Gasteiger partial charge in [0.15, 0.2) is 0 Å². The molecule has 0 bridgehead atoms. The summed E-state index contributed by atoms with van der Waals surface area (Å²) in [4.78, 5) is 11.4. The van der Waals surface area contributed by atoms with Gasteiger partial charge in [-0.15, -0.1) is 0 Å². The van der Waals surface area contributed by atoms with Gasteiger partial charge < -0.3 is 9.47 Å². The molecule has 1 saturated carbocycles. The van der Waals surface area contributed by atoms with E-state index < -0.39 is 28.7 Å². The van der Waals surface area contributed by atoms with Crippen LogP contribution in [-0.4, -0.2) is 29.9 Å². The fraction of sp³-hybridized carbons (Fsp3) is 0.900. The van der Waals surface area contributed by atoms with Crippen molar-refractivity contribution in [2.45, 2.75) is 42.5 Å². The molecule has 0 radical (unpaired) electrons. The number of alkyl halides is 4. The standard InChI is InChI=1S/C10H12ClF3O3/c1-16-7(15)9(11)8(17-9)4-2-3-6(5-8)10(12,13)14/h6H,2-5H2,1H3. The summed E-state index contributed by atoms with van der Waals surface area (Å²) >= 11 is 5.88. The maximum absolute atomic E-state index is 12.6. The lowest BCUT2D eigenvalue weighted by Crippen LogP contribution is -2.38. The average Bonchev–Trinajstić information content (AvgIpc) is 2.82. The van der Waals surface area contributed by atoms with E-state index in [0.29, 0.717) is 12.8 Å². The smallest absolute Gasteiger partial charge is 0.391 e. The lowest BCUT2D eigenvalue weighted by molar-refractivity contribution is -0.187. The fourth-order valence-electron chi connectivity index (χ4n) is 2.50. The SMILES string of the molecule is COC(=O)C1(Cl)OC12CCCC(C(F)(F)F)C2. The van der Waals surface area contributed by atoms with E-state index in [0.717, 1.165) is 7.11 Å². The summed E-state index contributed by atoms with van der Waals surface area (Å²) in [6, 6.07) is 0. The molecule has 98 valence electrons. The van der Waals surface area contributed by atoms with Crippen molar-refractivity contribution in [3.05, 3.63) is 0 Å². The Morgan fingerprint density at radius 3 is 2.71 bits per heavy atom. The number of carbonyl (C=O) groups excluding carboxylic acids is 1. The summed E-state index contributed by atoms with van der Waals surface area (Å²) in [7, 11) is 1.13. The van der Waals surface area contributed by atoms with Crippen molar-refractivity contribution >= 4 is 17.6 Å². The molecule has 3 nitrogen and oxygen atoms in total. The number of hydrogen-bond acceptors (Lipinski definition) is 3. The molecule has 0 aromatic carbocycles. The van der Waals surface area contributed by atoms with Crippen LogP contribution in [0.15, 0.2) is 0 Å². The van der Waals surface area contributed by atoms with Gasteiger partial charge in [-0.1, -0.05) is 11.6 Å². The highest BCUT2D eigenvalue weighted by atomic mass is 35.5. The highest BCUT2D eigenvalue weighted by molar-refractivity contribution is 6.36. The van der Waals surface area contributed by atoms with Crippen LogP contribution in [0.2, 0.25) is 0 Å². The van der Waals surface area contributed by atoms with Crippen molar-refractivity contribution in [1.82, 2.24) is 0 Å². The molecule has 3 unspecified atom stereocenters. The van der Waals surface area contributed by atoms with Crippen LogP contribution in [0.1, 0.15) is 25.7 Å². The second-order valence-corrected chi connectivity index (χ2v) is 5.05. The maximum Gasteiger partial charge on any atom is 0.391 e. The van der Waals surface area contributed by atoms with E-state index in [1.165, 1.54) is 0 Å². The lowest BCUT2D eigenvalue weighted by atomic mass is 9.79. The quantitative estimate of drug-likeness (QED) is 0.418. The third-order valence-electron chi connectivity index (χ3n) is 3.50. The van der Waals surface area contributed by atoms with Gasteiger partial charge in [0, 0.05) is 0 Å². The molecular weight excluding hydrogens is 261 g/mol. The van der Waals surface area contributed by atoms with Crippen molar-refractivity contribution in [1.29, 1.82) is 0 Å². The summed E-state index contributed by atoms with van der Waals surface area (Å²) in [5.74, 6) is -2.27. The fourth-order valence-corrected chi connectivity index (χ4v) is 2.90. The van der Waals surface area contributed by atoms with E-state index in [2.05, 4.69) is 4.74 Å². The Kier molecular flexibility index (Phi) is 2.86. The molecule has 17 heavy (non-hydrogen) atoms. The summed E-state index contributed by atoms with van der Waals surface area (Å²) in [6.07, 6.45) is -3.78. The second kappa shape index (κ2) is 3.75. The van der Waals surface area contributed by atoms with Crippen LogP contribution in [0.3, 0.4) is 0 Å². The van der Waals surface area contributed by atoms with Crippen LogP contribution in [0, 0.1) is 5.92 Å². The first-order valence-corrected chi connectivity index (χ1v) is 5.67. The lowest BCUT2D eigenvalue weighted by Gasteiger charge is -2.29. The number of methoxy groups -OCH3 is 1. The number of halogens is 4. The molecule has 1 saturated heterocycles. The molecule has 0 aromatic heterocycles. The molecular formula is C10H12ClF3O3. The maximum atomic E-state index is 12.6. The van der Waals surface area contributed by atoms with Gasteiger partial charge in [0.2, 0.25) is 0 Å².